The zero-order valence-corrected chi connectivity index (χ0v) is 18.6. The van der Waals surface area contributed by atoms with Crippen LogP contribution in [-0.2, 0) is 11.3 Å². The summed E-state index contributed by atoms with van der Waals surface area (Å²) >= 11 is 0. The number of anilines is 1. The maximum Gasteiger partial charge on any atom is 0.387 e. The number of piperazine rings is 1. The summed E-state index contributed by atoms with van der Waals surface area (Å²) in [4.78, 5) is 21.2. The van der Waals surface area contributed by atoms with Crippen LogP contribution in [0.4, 0.5) is 23.4 Å². The van der Waals surface area contributed by atoms with Gasteiger partial charge in [0, 0.05) is 56.6 Å². The Morgan fingerprint density at radius 2 is 1.82 bits per heavy atom. The lowest BCUT2D eigenvalue weighted by molar-refractivity contribution is -0.116. The molecule has 1 aliphatic heterocycles. The third kappa shape index (κ3) is 7.62. The van der Waals surface area contributed by atoms with Gasteiger partial charge in [-0.3, -0.25) is 4.79 Å². The Hall–Kier alpha value is -3.34. The van der Waals surface area contributed by atoms with Crippen molar-refractivity contribution in [2.24, 2.45) is 0 Å². The van der Waals surface area contributed by atoms with E-state index in [9.17, 15) is 22.4 Å². The zero-order chi connectivity index (χ0) is 24.5. The first-order valence-electron chi connectivity index (χ1n) is 10.8. The van der Waals surface area contributed by atoms with Crippen LogP contribution in [0.25, 0.3) is 6.08 Å². The minimum Gasteiger partial charge on any atom is -0.435 e. The van der Waals surface area contributed by atoms with Crippen molar-refractivity contribution >= 4 is 17.8 Å². The lowest BCUT2D eigenvalue weighted by Crippen LogP contribution is -2.46. The zero-order valence-electron chi connectivity index (χ0n) is 18.6. The number of hydrogen-bond acceptors (Lipinski definition) is 6. The van der Waals surface area contributed by atoms with Crippen molar-refractivity contribution in [1.82, 2.24) is 15.2 Å². The number of carbonyl (C=O) groups is 1. The van der Waals surface area contributed by atoms with Gasteiger partial charge in [-0.1, -0.05) is 13.0 Å². The van der Waals surface area contributed by atoms with Crippen molar-refractivity contribution in [3.8, 4) is 11.5 Å². The largest absolute Gasteiger partial charge is 0.435 e. The summed E-state index contributed by atoms with van der Waals surface area (Å²) in [5.74, 6) is -0.320. The van der Waals surface area contributed by atoms with Crippen molar-refractivity contribution in [2.45, 2.75) is 26.7 Å². The molecule has 1 aromatic carbocycles. The van der Waals surface area contributed by atoms with Gasteiger partial charge < -0.3 is 24.6 Å². The molecule has 1 aliphatic rings. The molecule has 0 saturated carbocycles. The van der Waals surface area contributed by atoms with Gasteiger partial charge in [-0.25, -0.2) is 4.98 Å². The molecule has 0 aliphatic carbocycles. The van der Waals surface area contributed by atoms with Crippen molar-refractivity contribution in [3.63, 3.8) is 0 Å². The molecular weight excluding hydrogens is 456 g/mol. The third-order valence-corrected chi connectivity index (χ3v) is 5.26. The summed E-state index contributed by atoms with van der Waals surface area (Å²) in [7, 11) is 0. The van der Waals surface area contributed by atoms with Crippen LogP contribution in [0.15, 0.2) is 42.6 Å². The van der Waals surface area contributed by atoms with E-state index >= 15 is 0 Å². The molecule has 1 amide bonds. The van der Waals surface area contributed by atoms with Gasteiger partial charge >= 0.3 is 13.2 Å². The van der Waals surface area contributed by atoms with Crippen LogP contribution in [-0.4, -0.2) is 61.7 Å². The molecule has 1 aromatic heterocycles. The maximum absolute atomic E-state index is 12.7. The summed E-state index contributed by atoms with van der Waals surface area (Å²) in [5, 5.41) is 2.68. The number of ether oxygens (including phenoxy) is 2. The Morgan fingerprint density at radius 3 is 2.44 bits per heavy atom. The lowest BCUT2D eigenvalue weighted by atomic mass is 10.1. The summed E-state index contributed by atoms with van der Waals surface area (Å²) in [6, 6.07) is 7.11. The molecule has 2 heterocycles. The quantitative estimate of drug-likeness (QED) is 0.411. The molecule has 0 bridgehead atoms. The Morgan fingerprint density at radius 1 is 1.09 bits per heavy atom. The number of aromatic nitrogens is 1. The normalized spacial score (nSPS) is 14.7. The van der Waals surface area contributed by atoms with Gasteiger partial charge in [-0.2, -0.15) is 17.6 Å². The number of nitrogens with zero attached hydrogens (tertiary/aromatic N) is 3. The van der Waals surface area contributed by atoms with Crippen LogP contribution in [0.3, 0.4) is 0 Å². The number of halogens is 4. The average molecular weight is 482 g/mol. The Kier molecular flexibility index (Phi) is 9.08. The summed E-state index contributed by atoms with van der Waals surface area (Å²) < 4.78 is 58.6. The molecule has 0 radical (unpaired) electrons. The number of pyridine rings is 1. The molecular formula is C23H26F4N4O3. The van der Waals surface area contributed by atoms with Gasteiger partial charge in [-0.05, 0) is 36.4 Å². The minimum atomic E-state index is -3.17. The number of amides is 1. The molecule has 1 fully saturated rings. The number of alkyl halides is 4. The van der Waals surface area contributed by atoms with E-state index in [-0.39, 0.29) is 17.9 Å². The second-order valence-corrected chi connectivity index (χ2v) is 7.45. The topological polar surface area (TPSA) is 66.9 Å². The lowest BCUT2D eigenvalue weighted by Gasteiger charge is -2.34. The van der Waals surface area contributed by atoms with Crippen LogP contribution < -0.4 is 19.7 Å². The Bertz CT molecular complexity index is 965. The van der Waals surface area contributed by atoms with E-state index in [0.29, 0.717) is 0 Å². The maximum atomic E-state index is 12.7. The van der Waals surface area contributed by atoms with Crippen molar-refractivity contribution in [2.75, 3.05) is 37.6 Å². The molecule has 0 atom stereocenters. The predicted octanol–water partition coefficient (Wildman–Crippen LogP) is 3.76. The summed E-state index contributed by atoms with van der Waals surface area (Å²) in [6.07, 6.45) is 4.08. The monoisotopic (exact) mass is 482 g/mol. The first-order chi connectivity index (χ1) is 16.3. The van der Waals surface area contributed by atoms with Crippen molar-refractivity contribution in [3.05, 3.63) is 53.7 Å². The predicted molar refractivity (Wildman–Crippen MR) is 119 cm³/mol. The molecule has 1 saturated heterocycles. The fourth-order valence-corrected chi connectivity index (χ4v) is 3.44. The molecule has 0 unspecified atom stereocenters. The van der Waals surface area contributed by atoms with Crippen LogP contribution in [0, 0.1) is 0 Å². The smallest absolute Gasteiger partial charge is 0.387 e. The number of carbonyl (C=O) groups excluding carboxylic acids is 1. The number of benzene rings is 1. The first kappa shape index (κ1) is 25.3. The van der Waals surface area contributed by atoms with E-state index in [4.69, 9.17) is 0 Å². The van der Waals surface area contributed by atoms with Crippen LogP contribution in [0.1, 0.15) is 18.1 Å². The van der Waals surface area contributed by atoms with Gasteiger partial charge in [0.2, 0.25) is 5.91 Å². The van der Waals surface area contributed by atoms with Crippen LogP contribution in [0.2, 0.25) is 0 Å². The first-order valence-corrected chi connectivity index (χ1v) is 10.8. The molecule has 0 spiro atoms. The highest BCUT2D eigenvalue weighted by atomic mass is 19.3. The van der Waals surface area contributed by atoms with Gasteiger partial charge in [0.05, 0.1) is 0 Å². The minimum absolute atomic E-state index is 0.103. The Labute approximate surface area is 195 Å². The standard InChI is InChI=1S/C23H26F4N4O3/c1-2-30-9-11-31(12-10-30)20-7-3-16(14-28-20)15-29-21(32)8-5-17-4-6-18(33-22(24)25)13-19(17)34-23(26)27/h3-8,13-14,22-23H,2,9-12,15H2,1H3,(H,29,32). The van der Waals surface area contributed by atoms with Gasteiger partial charge in [-0.15, -0.1) is 0 Å². The van der Waals surface area contributed by atoms with E-state index in [1.165, 1.54) is 12.1 Å². The summed E-state index contributed by atoms with van der Waals surface area (Å²) in [6.45, 7) is 0.930. The van der Waals surface area contributed by atoms with Crippen molar-refractivity contribution in [1.29, 1.82) is 0 Å². The fraction of sp³-hybridized carbons (Fsp3) is 0.391. The highest BCUT2D eigenvalue weighted by Gasteiger charge is 2.16. The van der Waals surface area contributed by atoms with Crippen LogP contribution in [0.5, 0.6) is 11.5 Å². The third-order valence-electron chi connectivity index (χ3n) is 5.26. The Balaban J connectivity index is 1.55. The molecule has 7 nitrogen and oxygen atoms in total. The second-order valence-electron chi connectivity index (χ2n) is 7.45. The summed E-state index contributed by atoms with van der Waals surface area (Å²) in [5.41, 5.74) is 0.902. The number of likely N-dealkylation sites (N-methyl/N-ethyl adjacent to an activating group) is 1. The van der Waals surface area contributed by atoms with E-state index in [0.717, 1.165) is 62.3 Å². The van der Waals surface area contributed by atoms with Gasteiger partial charge in [0.1, 0.15) is 17.3 Å². The number of rotatable bonds is 10. The average Bonchev–Trinajstić information content (AvgIpc) is 2.82. The van der Waals surface area contributed by atoms with Crippen molar-refractivity contribution < 1.29 is 31.8 Å². The molecule has 1 N–H and O–H groups in total. The molecule has 184 valence electrons. The SMILES string of the molecule is CCN1CCN(c2ccc(CNC(=O)C=Cc3ccc(OC(F)F)cc3OC(F)F)cn2)CC1. The van der Waals surface area contributed by atoms with Crippen LogP contribution >= 0.6 is 0 Å². The highest BCUT2D eigenvalue weighted by Crippen LogP contribution is 2.28. The van der Waals surface area contributed by atoms with E-state index in [1.807, 2.05) is 12.1 Å². The second kappa shape index (κ2) is 12.2. The number of hydrogen-bond donors (Lipinski definition) is 1. The molecule has 11 heteroatoms. The fourth-order valence-electron chi connectivity index (χ4n) is 3.44. The highest BCUT2D eigenvalue weighted by molar-refractivity contribution is 5.92. The van der Waals surface area contributed by atoms with Gasteiger partial charge in [0.15, 0.2) is 0 Å². The van der Waals surface area contributed by atoms with E-state index < -0.39 is 24.9 Å². The molecule has 2 aromatic rings. The molecule has 3 rings (SSSR count). The molecule has 34 heavy (non-hydrogen) atoms. The number of nitrogens with one attached hydrogen (secondary N) is 1. The van der Waals surface area contributed by atoms with E-state index in [2.05, 4.69) is 36.5 Å². The van der Waals surface area contributed by atoms with E-state index in [1.54, 1.807) is 6.20 Å². The van der Waals surface area contributed by atoms with Gasteiger partial charge in [0.25, 0.3) is 0 Å².